The molecule has 0 heterocycles. The van der Waals surface area contributed by atoms with E-state index in [9.17, 15) is 14.7 Å². The number of benzene rings is 2. The number of hydrogen-bond donors (Lipinski definition) is 3. The number of halogens is 2. The fourth-order valence-corrected chi connectivity index (χ4v) is 2.60. The molecule has 0 bridgehead atoms. The van der Waals surface area contributed by atoms with Crippen LogP contribution in [0.2, 0.25) is 5.02 Å². The third-order valence-electron chi connectivity index (χ3n) is 3.32. The number of carbonyl (C=O) groups excluding carboxylic acids is 2. The van der Waals surface area contributed by atoms with E-state index in [1.54, 1.807) is 30.3 Å². The minimum absolute atomic E-state index is 0.0270. The fourth-order valence-electron chi connectivity index (χ4n) is 1.99. The number of nitrogens with zero attached hydrogens (tertiary/aromatic N) is 1. The molecule has 3 N–H and O–H groups in total. The number of phenols is 1. The average molecular weight is 455 g/mol. The van der Waals surface area contributed by atoms with E-state index in [0.717, 1.165) is 10.0 Å². The van der Waals surface area contributed by atoms with Gasteiger partial charge in [-0.15, -0.1) is 0 Å². The number of phenolic OH excluding ortho intramolecular Hbond substituents is 1. The lowest BCUT2D eigenvalue weighted by Crippen LogP contribution is -2.37. The molecule has 2 aromatic carbocycles. The molecule has 0 aliphatic rings. The maximum absolute atomic E-state index is 11.8. The lowest BCUT2D eigenvalue weighted by atomic mass is 10.2. The van der Waals surface area contributed by atoms with Gasteiger partial charge in [0.25, 0.3) is 11.8 Å². The Morgan fingerprint density at radius 2 is 2.04 bits per heavy atom. The van der Waals surface area contributed by atoms with Crippen LogP contribution in [0.15, 0.2) is 46.0 Å². The van der Waals surface area contributed by atoms with E-state index >= 15 is 0 Å². The second-order valence-electron chi connectivity index (χ2n) is 5.47. The summed E-state index contributed by atoms with van der Waals surface area (Å²) < 4.78 is 6.15. The van der Waals surface area contributed by atoms with Gasteiger partial charge in [-0.1, -0.05) is 27.5 Å². The van der Waals surface area contributed by atoms with Gasteiger partial charge in [0.2, 0.25) is 0 Å². The molecule has 0 aromatic heterocycles. The third-order valence-corrected chi connectivity index (χ3v) is 4.05. The van der Waals surface area contributed by atoms with Crippen molar-refractivity contribution in [1.82, 2.24) is 10.7 Å². The van der Waals surface area contributed by atoms with Crippen molar-refractivity contribution >= 4 is 45.6 Å². The van der Waals surface area contributed by atoms with Crippen molar-refractivity contribution in [3.05, 3.63) is 57.0 Å². The molecule has 0 fully saturated rings. The van der Waals surface area contributed by atoms with E-state index in [0.29, 0.717) is 16.3 Å². The van der Waals surface area contributed by atoms with E-state index in [1.165, 1.54) is 12.3 Å². The van der Waals surface area contributed by atoms with Crippen molar-refractivity contribution in [3.8, 4) is 11.5 Å². The predicted molar refractivity (Wildman–Crippen MR) is 106 cm³/mol. The molecule has 9 heteroatoms. The highest BCUT2D eigenvalue weighted by Crippen LogP contribution is 2.21. The summed E-state index contributed by atoms with van der Waals surface area (Å²) in [5.74, 6) is -0.401. The summed E-state index contributed by atoms with van der Waals surface area (Å²) in [4.78, 5) is 23.4. The van der Waals surface area contributed by atoms with Gasteiger partial charge in [0.15, 0.2) is 6.61 Å². The molecule has 142 valence electrons. The van der Waals surface area contributed by atoms with Crippen molar-refractivity contribution in [2.75, 3.05) is 13.2 Å². The van der Waals surface area contributed by atoms with Crippen LogP contribution in [0.5, 0.6) is 11.5 Å². The van der Waals surface area contributed by atoms with Crippen LogP contribution >= 0.6 is 27.5 Å². The topological polar surface area (TPSA) is 100 Å². The van der Waals surface area contributed by atoms with Crippen LogP contribution in [0, 0.1) is 6.92 Å². The molecule has 0 radical (unpaired) electrons. The number of nitrogens with one attached hydrogen (secondary N) is 2. The first-order valence-electron chi connectivity index (χ1n) is 7.81. The minimum atomic E-state index is -0.517. The van der Waals surface area contributed by atoms with Gasteiger partial charge in [0.1, 0.15) is 11.5 Å². The summed E-state index contributed by atoms with van der Waals surface area (Å²) in [7, 11) is 0. The summed E-state index contributed by atoms with van der Waals surface area (Å²) >= 11 is 9.13. The highest BCUT2D eigenvalue weighted by atomic mass is 79.9. The van der Waals surface area contributed by atoms with Gasteiger partial charge in [-0.3, -0.25) is 9.59 Å². The molecule has 0 spiro atoms. The predicted octanol–water partition coefficient (Wildman–Crippen LogP) is 2.76. The number of aromatic hydroxyl groups is 1. The number of aryl methyl sites for hydroxylation is 1. The number of hydrogen-bond acceptors (Lipinski definition) is 5. The quantitative estimate of drug-likeness (QED) is 0.442. The van der Waals surface area contributed by atoms with Crippen LogP contribution in [0.1, 0.15) is 11.1 Å². The SMILES string of the molecule is Cc1cc(Cl)ccc1OCC(=O)NCC(=O)N/N=C/c1cc(Br)ccc1O. The standard InChI is InChI=1S/C18H17BrClN3O4/c1-11-6-14(20)3-5-16(11)27-10-18(26)21-9-17(25)23-22-8-12-7-13(19)2-4-15(12)24/h2-8,24H,9-10H2,1H3,(H,21,26)(H,23,25)/b22-8+. The van der Waals surface area contributed by atoms with E-state index < -0.39 is 11.8 Å². The first kappa shape index (κ1) is 20.7. The van der Waals surface area contributed by atoms with Crippen LogP contribution in [0.25, 0.3) is 0 Å². The lowest BCUT2D eigenvalue weighted by molar-refractivity contribution is -0.127. The largest absolute Gasteiger partial charge is 0.507 e. The van der Waals surface area contributed by atoms with Crippen LogP contribution in [0.3, 0.4) is 0 Å². The number of rotatable bonds is 7. The molecule has 0 saturated heterocycles. The van der Waals surface area contributed by atoms with Gasteiger partial charge in [0.05, 0.1) is 12.8 Å². The molecule has 7 nitrogen and oxygen atoms in total. The van der Waals surface area contributed by atoms with Crippen LogP contribution < -0.4 is 15.5 Å². The molecular formula is C18H17BrClN3O4. The van der Waals surface area contributed by atoms with E-state index in [2.05, 4.69) is 31.8 Å². The Hall–Kier alpha value is -2.58. The van der Waals surface area contributed by atoms with E-state index in [1.807, 2.05) is 6.92 Å². The Balaban J connectivity index is 1.73. The second kappa shape index (κ2) is 9.94. The highest BCUT2D eigenvalue weighted by Gasteiger charge is 2.07. The normalized spacial score (nSPS) is 10.6. The molecule has 0 saturated carbocycles. The van der Waals surface area contributed by atoms with Gasteiger partial charge in [0, 0.05) is 15.1 Å². The van der Waals surface area contributed by atoms with E-state index in [-0.39, 0.29) is 18.9 Å². The molecule has 0 atom stereocenters. The number of carbonyl (C=O) groups is 2. The zero-order chi connectivity index (χ0) is 19.8. The van der Waals surface area contributed by atoms with Gasteiger partial charge < -0.3 is 15.2 Å². The fraction of sp³-hybridized carbons (Fsp3) is 0.167. The van der Waals surface area contributed by atoms with E-state index in [4.69, 9.17) is 16.3 Å². The van der Waals surface area contributed by atoms with Crippen LogP contribution in [0.4, 0.5) is 0 Å². The zero-order valence-corrected chi connectivity index (χ0v) is 16.7. The minimum Gasteiger partial charge on any atom is -0.507 e. The summed E-state index contributed by atoms with van der Waals surface area (Å²) in [6.45, 7) is 1.32. The Morgan fingerprint density at radius 3 is 2.78 bits per heavy atom. The van der Waals surface area contributed by atoms with Gasteiger partial charge in [-0.05, 0) is 48.9 Å². The summed E-state index contributed by atoms with van der Waals surface area (Å²) in [5.41, 5.74) is 3.49. The monoisotopic (exact) mass is 453 g/mol. The van der Waals surface area contributed by atoms with Crippen molar-refractivity contribution in [3.63, 3.8) is 0 Å². The van der Waals surface area contributed by atoms with Gasteiger partial charge in [-0.25, -0.2) is 5.43 Å². The number of hydrazone groups is 1. The summed E-state index contributed by atoms with van der Waals surface area (Å²) in [6.07, 6.45) is 1.30. The van der Waals surface area contributed by atoms with Crippen molar-refractivity contribution in [2.24, 2.45) is 5.10 Å². The molecule has 0 aliphatic heterocycles. The maximum atomic E-state index is 11.8. The smallest absolute Gasteiger partial charge is 0.259 e. The lowest BCUT2D eigenvalue weighted by Gasteiger charge is -2.09. The van der Waals surface area contributed by atoms with Crippen LogP contribution in [-0.2, 0) is 9.59 Å². The van der Waals surface area contributed by atoms with Crippen LogP contribution in [-0.4, -0.2) is 36.3 Å². The molecule has 0 aliphatic carbocycles. The average Bonchev–Trinajstić information content (AvgIpc) is 2.62. The molecule has 2 rings (SSSR count). The third kappa shape index (κ3) is 6.92. The second-order valence-corrected chi connectivity index (χ2v) is 6.82. The first-order valence-corrected chi connectivity index (χ1v) is 8.98. The summed E-state index contributed by atoms with van der Waals surface area (Å²) in [5, 5.41) is 16.4. The van der Waals surface area contributed by atoms with Crippen molar-refractivity contribution in [2.45, 2.75) is 6.92 Å². The van der Waals surface area contributed by atoms with Crippen molar-refractivity contribution in [1.29, 1.82) is 0 Å². The Bertz CT molecular complexity index is 874. The summed E-state index contributed by atoms with van der Waals surface area (Å²) in [6, 6.07) is 9.87. The number of ether oxygens (including phenoxy) is 1. The Labute approximate surface area is 169 Å². The molecular weight excluding hydrogens is 438 g/mol. The molecule has 27 heavy (non-hydrogen) atoms. The highest BCUT2D eigenvalue weighted by molar-refractivity contribution is 9.10. The molecule has 0 unspecified atom stereocenters. The van der Waals surface area contributed by atoms with Gasteiger partial charge in [-0.2, -0.15) is 5.10 Å². The first-order chi connectivity index (χ1) is 12.8. The molecule has 2 aromatic rings. The number of amides is 2. The Morgan fingerprint density at radius 1 is 1.26 bits per heavy atom. The van der Waals surface area contributed by atoms with Crippen molar-refractivity contribution < 1.29 is 19.4 Å². The van der Waals surface area contributed by atoms with Gasteiger partial charge >= 0.3 is 0 Å². The molecule has 2 amide bonds. The zero-order valence-electron chi connectivity index (χ0n) is 14.3. The Kier molecular flexibility index (Phi) is 7.63. The maximum Gasteiger partial charge on any atom is 0.259 e.